The van der Waals surface area contributed by atoms with Gasteiger partial charge in [-0.1, -0.05) is 30.3 Å². The van der Waals surface area contributed by atoms with Gasteiger partial charge in [0.2, 0.25) is 5.91 Å². The van der Waals surface area contributed by atoms with Crippen molar-refractivity contribution in [3.05, 3.63) is 72.7 Å². The second-order valence-electron chi connectivity index (χ2n) is 6.46. The number of amides is 1. The van der Waals surface area contributed by atoms with E-state index in [9.17, 15) is 4.79 Å². The molecule has 0 N–H and O–H groups in total. The molecule has 0 saturated heterocycles. The molecule has 1 amide bonds. The Morgan fingerprint density at radius 2 is 1.96 bits per heavy atom. The third-order valence-corrected chi connectivity index (χ3v) is 4.73. The molecule has 4 rings (SSSR count). The van der Waals surface area contributed by atoms with E-state index in [2.05, 4.69) is 36.7 Å². The highest BCUT2D eigenvalue weighted by molar-refractivity contribution is 5.88. The summed E-state index contributed by atoms with van der Waals surface area (Å²) in [5.74, 6) is -0.0461. The van der Waals surface area contributed by atoms with E-state index in [1.54, 1.807) is 12.4 Å². The largest absolute Gasteiger partial charge is 0.331 e. The maximum atomic E-state index is 12.1. The summed E-state index contributed by atoms with van der Waals surface area (Å²) >= 11 is 0. The summed E-state index contributed by atoms with van der Waals surface area (Å²) < 4.78 is 2.03. The number of nitrogens with zero attached hydrogens (tertiary/aromatic N) is 4. The van der Waals surface area contributed by atoms with Crippen LogP contribution in [0.1, 0.15) is 11.3 Å². The maximum absolute atomic E-state index is 12.1. The molecule has 0 aliphatic carbocycles. The first kappa shape index (κ1) is 16.3. The second kappa shape index (κ2) is 6.59. The molecule has 0 unspecified atom stereocenters. The Kier molecular flexibility index (Phi) is 4.13. The van der Waals surface area contributed by atoms with Crippen LogP contribution in [0.25, 0.3) is 22.4 Å². The molecule has 0 atom stereocenters. The highest BCUT2D eigenvalue weighted by atomic mass is 16.2. The van der Waals surface area contributed by atoms with Crippen LogP contribution in [0.5, 0.6) is 0 Å². The fraction of sp³-hybridized carbons (Fsp3) is 0.190. The molecule has 0 fully saturated rings. The van der Waals surface area contributed by atoms with Crippen LogP contribution < -0.4 is 0 Å². The Balaban J connectivity index is 1.90. The summed E-state index contributed by atoms with van der Waals surface area (Å²) in [5, 5.41) is 4.89. The molecular weight excluding hydrogens is 324 g/mol. The standard InChI is InChI=1S/C21H20N4O/c1-3-19(26)24-11-12-25-18(14-24)20(16-7-9-22-10-8-16)21(23-25)17-6-4-5-15(2)13-17/h3-10,13H,1,11-12,14H2,2H3. The number of benzene rings is 1. The fourth-order valence-electron chi connectivity index (χ4n) is 3.45. The zero-order valence-corrected chi connectivity index (χ0v) is 14.7. The predicted molar refractivity (Wildman–Crippen MR) is 101 cm³/mol. The minimum Gasteiger partial charge on any atom is -0.331 e. The van der Waals surface area contributed by atoms with E-state index in [0.29, 0.717) is 19.6 Å². The third-order valence-electron chi connectivity index (χ3n) is 4.73. The summed E-state index contributed by atoms with van der Waals surface area (Å²) in [4.78, 5) is 18.1. The van der Waals surface area contributed by atoms with Gasteiger partial charge in [-0.15, -0.1) is 0 Å². The molecule has 130 valence electrons. The summed E-state index contributed by atoms with van der Waals surface area (Å²) in [6, 6.07) is 12.3. The lowest BCUT2D eigenvalue weighted by Gasteiger charge is -2.27. The first-order chi connectivity index (χ1) is 12.7. The van der Waals surface area contributed by atoms with Crippen LogP contribution >= 0.6 is 0 Å². The minimum atomic E-state index is -0.0461. The smallest absolute Gasteiger partial charge is 0.246 e. The lowest BCUT2D eigenvalue weighted by molar-refractivity contribution is -0.127. The number of carbonyl (C=O) groups is 1. The van der Waals surface area contributed by atoms with E-state index in [-0.39, 0.29) is 5.91 Å². The Morgan fingerprint density at radius 1 is 1.15 bits per heavy atom. The van der Waals surface area contributed by atoms with Crippen LogP contribution in [0.2, 0.25) is 0 Å². The number of rotatable bonds is 3. The highest BCUT2D eigenvalue weighted by Gasteiger charge is 2.27. The van der Waals surface area contributed by atoms with Crippen molar-refractivity contribution in [2.24, 2.45) is 0 Å². The molecule has 3 heterocycles. The van der Waals surface area contributed by atoms with Gasteiger partial charge in [0.05, 0.1) is 18.8 Å². The van der Waals surface area contributed by atoms with Gasteiger partial charge in [-0.2, -0.15) is 5.10 Å². The normalized spacial score (nSPS) is 13.3. The van der Waals surface area contributed by atoms with Crippen molar-refractivity contribution < 1.29 is 4.79 Å². The van der Waals surface area contributed by atoms with E-state index in [4.69, 9.17) is 5.10 Å². The van der Waals surface area contributed by atoms with Gasteiger partial charge in [-0.3, -0.25) is 14.5 Å². The molecule has 5 nitrogen and oxygen atoms in total. The monoisotopic (exact) mass is 344 g/mol. The van der Waals surface area contributed by atoms with Crippen molar-refractivity contribution in [3.8, 4) is 22.4 Å². The number of aryl methyl sites for hydroxylation is 1. The van der Waals surface area contributed by atoms with E-state index < -0.39 is 0 Å². The van der Waals surface area contributed by atoms with Gasteiger partial charge in [0.25, 0.3) is 0 Å². The van der Waals surface area contributed by atoms with Gasteiger partial charge < -0.3 is 4.90 Å². The summed E-state index contributed by atoms with van der Waals surface area (Å²) in [7, 11) is 0. The molecular formula is C21H20N4O. The van der Waals surface area contributed by atoms with E-state index >= 15 is 0 Å². The maximum Gasteiger partial charge on any atom is 0.246 e. The first-order valence-electron chi connectivity index (χ1n) is 8.66. The van der Waals surface area contributed by atoms with Crippen molar-refractivity contribution in [1.29, 1.82) is 0 Å². The van der Waals surface area contributed by atoms with Crippen molar-refractivity contribution in [2.45, 2.75) is 20.0 Å². The SMILES string of the molecule is C=CC(=O)N1CCn2nc(-c3cccc(C)c3)c(-c3ccncc3)c2C1. The Morgan fingerprint density at radius 3 is 2.69 bits per heavy atom. The van der Waals surface area contributed by atoms with Crippen LogP contribution in [0, 0.1) is 6.92 Å². The molecule has 1 aliphatic heterocycles. The number of aromatic nitrogens is 3. The number of pyridine rings is 1. The summed E-state index contributed by atoms with van der Waals surface area (Å²) in [5.41, 5.74) is 6.40. The van der Waals surface area contributed by atoms with Crippen LogP contribution in [0.15, 0.2) is 61.4 Å². The fourth-order valence-corrected chi connectivity index (χ4v) is 3.45. The molecule has 0 radical (unpaired) electrons. The highest BCUT2D eigenvalue weighted by Crippen LogP contribution is 2.36. The van der Waals surface area contributed by atoms with Crippen LogP contribution in [0.4, 0.5) is 0 Å². The topological polar surface area (TPSA) is 51.0 Å². The minimum absolute atomic E-state index is 0.0461. The molecule has 0 spiro atoms. The van der Waals surface area contributed by atoms with Gasteiger partial charge in [0.1, 0.15) is 5.69 Å². The number of hydrogen-bond donors (Lipinski definition) is 0. The van der Waals surface area contributed by atoms with Crippen molar-refractivity contribution >= 4 is 5.91 Å². The lowest BCUT2D eigenvalue weighted by atomic mass is 9.98. The molecule has 3 aromatic rings. The molecule has 0 saturated carbocycles. The van der Waals surface area contributed by atoms with E-state index in [0.717, 1.165) is 28.1 Å². The summed E-state index contributed by atoms with van der Waals surface area (Å²) in [6.07, 6.45) is 4.95. The van der Waals surface area contributed by atoms with E-state index in [1.165, 1.54) is 11.6 Å². The van der Waals surface area contributed by atoms with E-state index in [1.807, 2.05) is 27.8 Å². The van der Waals surface area contributed by atoms with Gasteiger partial charge >= 0.3 is 0 Å². The molecule has 0 bridgehead atoms. The molecule has 5 heteroatoms. The number of hydrogen-bond acceptors (Lipinski definition) is 3. The molecule has 1 aromatic carbocycles. The zero-order valence-electron chi connectivity index (χ0n) is 14.7. The van der Waals surface area contributed by atoms with Crippen LogP contribution in [-0.2, 0) is 17.9 Å². The lowest BCUT2D eigenvalue weighted by Crippen LogP contribution is -2.37. The van der Waals surface area contributed by atoms with Crippen molar-refractivity contribution in [1.82, 2.24) is 19.7 Å². The predicted octanol–water partition coefficient (Wildman–Crippen LogP) is 3.45. The van der Waals surface area contributed by atoms with Crippen molar-refractivity contribution in [2.75, 3.05) is 6.54 Å². The van der Waals surface area contributed by atoms with Crippen LogP contribution in [-0.4, -0.2) is 32.1 Å². The Bertz CT molecular complexity index is 975. The first-order valence-corrected chi connectivity index (χ1v) is 8.66. The zero-order chi connectivity index (χ0) is 18.1. The molecule has 2 aromatic heterocycles. The molecule has 1 aliphatic rings. The molecule has 26 heavy (non-hydrogen) atoms. The van der Waals surface area contributed by atoms with Gasteiger partial charge in [0.15, 0.2) is 0 Å². The van der Waals surface area contributed by atoms with Gasteiger partial charge in [-0.25, -0.2) is 0 Å². The number of fused-ring (bicyclic) bond motifs is 1. The van der Waals surface area contributed by atoms with Gasteiger partial charge in [0, 0.05) is 30.1 Å². The average molecular weight is 344 g/mol. The third kappa shape index (κ3) is 2.81. The Labute approximate surface area is 152 Å². The van der Waals surface area contributed by atoms with Gasteiger partial charge in [-0.05, 0) is 36.8 Å². The quantitative estimate of drug-likeness (QED) is 0.684. The van der Waals surface area contributed by atoms with Crippen LogP contribution in [0.3, 0.4) is 0 Å². The number of carbonyl (C=O) groups excluding carboxylic acids is 1. The Hall–Kier alpha value is -3.21. The summed E-state index contributed by atoms with van der Waals surface area (Å²) in [6.45, 7) is 7.54. The van der Waals surface area contributed by atoms with Crippen molar-refractivity contribution in [3.63, 3.8) is 0 Å². The average Bonchev–Trinajstić information content (AvgIpc) is 3.06. The second-order valence-corrected chi connectivity index (χ2v) is 6.46.